The molecule has 1 N–H and O–H groups in total. The summed E-state index contributed by atoms with van der Waals surface area (Å²) in [5, 5.41) is 11.2. The lowest BCUT2D eigenvalue weighted by molar-refractivity contribution is -0.116. The van der Waals surface area contributed by atoms with Crippen molar-refractivity contribution in [2.45, 2.75) is 50.7 Å². The average molecular weight is 367 g/mol. The SMILES string of the molecule is C#CCCC1(CCC(=O)Nc2ccc(C)c(N3CCC(N(C)C)C3)c2)N=N1. The maximum atomic E-state index is 12.4. The van der Waals surface area contributed by atoms with E-state index in [1.54, 1.807) is 0 Å². The van der Waals surface area contributed by atoms with Crippen molar-refractivity contribution < 1.29 is 4.79 Å². The summed E-state index contributed by atoms with van der Waals surface area (Å²) in [4.78, 5) is 17.1. The fourth-order valence-corrected chi connectivity index (χ4v) is 3.62. The lowest BCUT2D eigenvalue weighted by Gasteiger charge is -2.24. The summed E-state index contributed by atoms with van der Waals surface area (Å²) in [5.41, 5.74) is 2.88. The highest BCUT2D eigenvalue weighted by atomic mass is 16.1. The Balaban J connectivity index is 1.56. The van der Waals surface area contributed by atoms with Crippen molar-refractivity contribution in [3.05, 3.63) is 23.8 Å². The molecule has 1 amide bonds. The zero-order valence-corrected chi connectivity index (χ0v) is 16.5. The van der Waals surface area contributed by atoms with E-state index in [1.165, 1.54) is 11.3 Å². The third-order valence-electron chi connectivity index (χ3n) is 5.53. The number of hydrogen-bond acceptors (Lipinski definition) is 5. The molecule has 0 bridgehead atoms. The van der Waals surface area contributed by atoms with Gasteiger partial charge >= 0.3 is 0 Å². The maximum Gasteiger partial charge on any atom is 0.224 e. The Labute approximate surface area is 162 Å². The second-order valence-corrected chi connectivity index (χ2v) is 7.79. The van der Waals surface area contributed by atoms with E-state index in [2.05, 4.69) is 64.4 Å². The van der Waals surface area contributed by atoms with E-state index >= 15 is 0 Å². The highest BCUT2D eigenvalue weighted by Crippen LogP contribution is 2.37. The first-order valence-corrected chi connectivity index (χ1v) is 9.62. The summed E-state index contributed by atoms with van der Waals surface area (Å²) in [6.45, 7) is 4.18. The molecule has 1 saturated heterocycles. The first kappa shape index (κ1) is 19.4. The number of carbonyl (C=O) groups excluding carboxylic acids is 1. The van der Waals surface area contributed by atoms with Crippen LogP contribution in [-0.4, -0.2) is 49.7 Å². The number of nitrogens with zero attached hydrogens (tertiary/aromatic N) is 4. The highest BCUT2D eigenvalue weighted by Gasteiger charge is 2.39. The molecule has 144 valence electrons. The topological polar surface area (TPSA) is 60.3 Å². The number of rotatable bonds is 8. The molecule has 0 aliphatic carbocycles. The van der Waals surface area contributed by atoms with Gasteiger partial charge in [-0.1, -0.05) is 6.07 Å². The largest absolute Gasteiger partial charge is 0.370 e. The standard InChI is InChI=1S/C21H29N5O/c1-5-6-11-21(23-24-21)12-9-20(27)22-17-8-7-16(2)19(14-17)26-13-10-18(15-26)25(3)4/h1,7-8,14,18H,6,9-13,15H2,2-4H3,(H,22,27). The van der Waals surface area contributed by atoms with Gasteiger partial charge in [0.05, 0.1) is 0 Å². The van der Waals surface area contributed by atoms with Gasteiger partial charge in [0.15, 0.2) is 5.66 Å². The number of terminal acetylenes is 1. The Bertz CT molecular complexity index is 758. The zero-order valence-electron chi connectivity index (χ0n) is 16.5. The lowest BCUT2D eigenvalue weighted by atomic mass is 10.0. The van der Waals surface area contributed by atoms with Crippen molar-refractivity contribution in [1.29, 1.82) is 0 Å². The van der Waals surface area contributed by atoms with Crippen molar-refractivity contribution in [2.75, 3.05) is 37.4 Å². The molecule has 6 nitrogen and oxygen atoms in total. The van der Waals surface area contributed by atoms with E-state index in [9.17, 15) is 4.79 Å². The first-order valence-electron chi connectivity index (χ1n) is 9.62. The van der Waals surface area contributed by atoms with Crippen LogP contribution in [0.1, 0.15) is 37.7 Å². The van der Waals surface area contributed by atoms with Crippen molar-refractivity contribution in [3.8, 4) is 12.3 Å². The number of anilines is 2. The molecule has 1 unspecified atom stereocenters. The van der Waals surface area contributed by atoms with E-state index < -0.39 is 5.66 Å². The van der Waals surface area contributed by atoms with Crippen LogP contribution in [0.25, 0.3) is 0 Å². The van der Waals surface area contributed by atoms with E-state index in [-0.39, 0.29) is 5.91 Å². The molecule has 1 fully saturated rings. The second kappa shape index (κ2) is 8.10. The summed E-state index contributed by atoms with van der Waals surface area (Å²) < 4.78 is 0. The predicted octanol–water partition coefficient (Wildman–Crippen LogP) is 3.43. The van der Waals surface area contributed by atoms with E-state index in [0.29, 0.717) is 25.3 Å². The van der Waals surface area contributed by atoms with Crippen molar-refractivity contribution in [1.82, 2.24) is 4.90 Å². The van der Waals surface area contributed by atoms with Crippen LogP contribution in [0, 0.1) is 19.3 Å². The van der Waals surface area contributed by atoms with Gasteiger partial charge in [0, 0.05) is 56.2 Å². The number of hydrogen-bond donors (Lipinski definition) is 1. The molecular weight excluding hydrogens is 338 g/mol. The molecular formula is C21H29N5O. The van der Waals surface area contributed by atoms with Crippen molar-refractivity contribution in [3.63, 3.8) is 0 Å². The second-order valence-electron chi connectivity index (χ2n) is 7.79. The summed E-state index contributed by atoms with van der Waals surface area (Å²) in [7, 11) is 4.26. The minimum Gasteiger partial charge on any atom is -0.370 e. The minimum atomic E-state index is -0.404. The quantitative estimate of drug-likeness (QED) is 0.716. The summed E-state index contributed by atoms with van der Waals surface area (Å²) in [5.74, 6) is 2.61. The lowest BCUT2D eigenvalue weighted by Crippen LogP contribution is -2.31. The number of carbonyl (C=O) groups is 1. The number of benzene rings is 1. The van der Waals surface area contributed by atoms with Gasteiger partial charge in [-0.2, -0.15) is 10.2 Å². The molecule has 3 rings (SSSR count). The van der Waals surface area contributed by atoms with Gasteiger partial charge in [-0.3, -0.25) is 4.79 Å². The Morgan fingerprint density at radius 2 is 2.19 bits per heavy atom. The molecule has 0 spiro atoms. The van der Waals surface area contributed by atoms with Crippen LogP contribution in [0.5, 0.6) is 0 Å². The number of likely N-dealkylation sites (N-methyl/N-ethyl adjacent to an activating group) is 1. The van der Waals surface area contributed by atoms with Gasteiger partial charge in [-0.25, -0.2) is 0 Å². The molecule has 27 heavy (non-hydrogen) atoms. The number of amides is 1. The fourth-order valence-electron chi connectivity index (χ4n) is 3.62. The summed E-state index contributed by atoms with van der Waals surface area (Å²) >= 11 is 0. The summed E-state index contributed by atoms with van der Waals surface area (Å²) in [6.07, 6.45) is 8.85. The van der Waals surface area contributed by atoms with Crippen molar-refractivity contribution >= 4 is 17.3 Å². The van der Waals surface area contributed by atoms with Crippen LogP contribution >= 0.6 is 0 Å². The summed E-state index contributed by atoms with van der Waals surface area (Å²) in [6, 6.07) is 6.71. The molecule has 1 aromatic carbocycles. The molecule has 6 heteroatoms. The maximum absolute atomic E-state index is 12.4. The van der Waals surface area contributed by atoms with Crippen LogP contribution in [-0.2, 0) is 4.79 Å². The Morgan fingerprint density at radius 1 is 1.41 bits per heavy atom. The van der Waals surface area contributed by atoms with Crippen LogP contribution in [0.4, 0.5) is 11.4 Å². The smallest absolute Gasteiger partial charge is 0.224 e. The average Bonchev–Trinajstić information content (AvgIpc) is 3.24. The Morgan fingerprint density at radius 3 is 2.81 bits per heavy atom. The van der Waals surface area contributed by atoms with Gasteiger partial charge < -0.3 is 15.1 Å². The van der Waals surface area contributed by atoms with E-state index in [1.807, 2.05) is 6.07 Å². The molecule has 2 aliphatic heterocycles. The van der Waals surface area contributed by atoms with Gasteiger partial charge in [-0.15, -0.1) is 12.3 Å². The minimum absolute atomic E-state index is 0.00484. The van der Waals surface area contributed by atoms with Crippen LogP contribution in [0.3, 0.4) is 0 Å². The van der Waals surface area contributed by atoms with Crippen LogP contribution in [0.15, 0.2) is 28.4 Å². The Kier molecular flexibility index (Phi) is 5.81. The zero-order chi connectivity index (χ0) is 19.4. The van der Waals surface area contributed by atoms with Gasteiger partial charge in [0.25, 0.3) is 0 Å². The molecule has 0 aromatic heterocycles. The fraction of sp³-hybridized carbons (Fsp3) is 0.571. The predicted molar refractivity (Wildman–Crippen MR) is 109 cm³/mol. The van der Waals surface area contributed by atoms with Crippen LogP contribution in [0.2, 0.25) is 0 Å². The van der Waals surface area contributed by atoms with Gasteiger partial charge in [0.2, 0.25) is 5.91 Å². The third kappa shape index (κ3) is 4.86. The molecule has 2 aliphatic rings. The monoisotopic (exact) mass is 367 g/mol. The Hall–Kier alpha value is -2.39. The number of nitrogens with one attached hydrogen (secondary N) is 1. The normalized spacial score (nSPS) is 20.0. The van der Waals surface area contributed by atoms with Gasteiger partial charge in [0.1, 0.15) is 0 Å². The highest BCUT2D eigenvalue weighted by molar-refractivity contribution is 5.91. The van der Waals surface area contributed by atoms with Crippen LogP contribution < -0.4 is 10.2 Å². The van der Waals surface area contributed by atoms with E-state index in [4.69, 9.17) is 6.42 Å². The molecule has 1 atom stereocenters. The van der Waals surface area contributed by atoms with Gasteiger partial charge in [-0.05, 0) is 45.1 Å². The first-order chi connectivity index (χ1) is 12.9. The molecule has 1 aromatic rings. The number of aryl methyl sites for hydroxylation is 1. The third-order valence-corrected chi connectivity index (χ3v) is 5.53. The molecule has 0 saturated carbocycles. The van der Waals surface area contributed by atoms with Crippen molar-refractivity contribution in [2.24, 2.45) is 10.2 Å². The van der Waals surface area contributed by atoms with E-state index in [0.717, 1.165) is 31.6 Å². The molecule has 2 heterocycles. The molecule has 0 radical (unpaired) electrons.